The first kappa shape index (κ1) is 16.9. The van der Waals surface area contributed by atoms with Crippen molar-refractivity contribution in [3.63, 3.8) is 0 Å². The highest BCUT2D eigenvalue weighted by molar-refractivity contribution is 5.75. The van der Waals surface area contributed by atoms with Gasteiger partial charge in [-0.2, -0.15) is 0 Å². The van der Waals surface area contributed by atoms with Gasteiger partial charge in [0.1, 0.15) is 11.5 Å². The summed E-state index contributed by atoms with van der Waals surface area (Å²) in [7, 11) is 3.30. The van der Waals surface area contributed by atoms with Crippen molar-refractivity contribution < 1.29 is 19.0 Å². The fourth-order valence-electron chi connectivity index (χ4n) is 3.51. The molecule has 0 bridgehead atoms. The number of carbonyl (C=O) groups excluding carboxylic acids is 1. The number of ether oxygens (including phenoxy) is 3. The molecule has 2 aliphatic heterocycles. The Hall–Kier alpha value is -1.95. The maximum atomic E-state index is 12.6. The van der Waals surface area contributed by atoms with Gasteiger partial charge in [-0.15, -0.1) is 0 Å². The Bertz CT molecular complexity index is 572. The van der Waals surface area contributed by atoms with E-state index >= 15 is 0 Å². The van der Waals surface area contributed by atoms with Crippen LogP contribution in [0.3, 0.4) is 0 Å². The Kier molecular flexibility index (Phi) is 5.45. The van der Waals surface area contributed by atoms with Gasteiger partial charge in [0, 0.05) is 31.2 Å². The lowest BCUT2D eigenvalue weighted by molar-refractivity contribution is 0.178. The first-order chi connectivity index (χ1) is 11.7. The summed E-state index contributed by atoms with van der Waals surface area (Å²) in [6, 6.07) is 5.77. The molecule has 0 aliphatic carbocycles. The van der Waals surface area contributed by atoms with Crippen LogP contribution in [0.1, 0.15) is 30.9 Å². The zero-order valence-electron chi connectivity index (χ0n) is 14.4. The zero-order valence-corrected chi connectivity index (χ0v) is 14.4. The molecule has 2 heterocycles. The van der Waals surface area contributed by atoms with E-state index in [2.05, 4.69) is 5.32 Å². The van der Waals surface area contributed by atoms with Crippen molar-refractivity contribution in [3.8, 4) is 11.5 Å². The molecule has 3 rings (SSSR count). The molecule has 2 amide bonds. The lowest BCUT2D eigenvalue weighted by Crippen LogP contribution is -2.41. The van der Waals surface area contributed by atoms with E-state index in [0.717, 1.165) is 56.1 Å². The van der Waals surface area contributed by atoms with Gasteiger partial charge in [-0.05, 0) is 37.5 Å². The van der Waals surface area contributed by atoms with Gasteiger partial charge < -0.3 is 24.4 Å². The summed E-state index contributed by atoms with van der Waals surface area (Å²) in [4.78, 5) is 14.6. The van der Waals surface area contributed by atoms with Gasteiger partial charge in [-0.25, -0.2) is 4.79 Å². The second-order valence-electron chi connectivity index (χ2n) is 6.37. The van der Waals surface area contributed by atoms with E-state index < -0.39 is 0 Å². The lowest BCUT2D eigenvalue weighted by atomic mass is 10.0. The molecule has 2 fully saturated rings. The average Bonchev–Trinajstić information content (AvgIpc) is 3.30. The number of nitrogens with zero attached hydrogens (tertiary/aromatic N) is 1. The normalized spacial score (nSPS) is 23.3. The number of hydrogen-bond acceptors (Lipinski definition) is 4. The van der Waals surface area contributed by atoms with Crippen LogP contribution in [0, 0.1) is 5.92 Å². The highest BCUT2D eigenvalue weighted by Gasteiger charge is 2.32. The number of likely N-dealkylation sites (tertiary alicyclic amines) is 1. The summed E-state index contributed by atoms with van der Waals surface area (Å²) in [6.45, 7) is 2.98. The second kappa shape index (κ2) is 7.75. The molecule has 0 radical (unpaired) electrons. The molecule has 1 aromatic carbocycles. The Morgan fingerprint density at radius 3 is 2.92 bits per heavy atom. The number of carbonyl (C=O) groups is 1. The fourth-order valence-corrected chi connectivity index (χ4v) is 3.51. The molecule has 0 aromatic heterocycles. The molecule has 0 spiro atoms. The first-order valence-electron chi connectivity index (χ1n) is 8.57. The Balaban J connectivity index is 1.71. The van der Waals surface area contributed by atoms with Crippen LogP contribution in [0.4, 0.5) is 4.79 Å². The number of methoxy groups -OCH3 is 2. The molecule has 2 atom stereocenters. The average molecular weight is 334 g/mol. The highest BCUT2D eigenvalue weighted by Crippen LogP contribution is 2.38. The van der Waals surface area contributed by atoms with Gasteiger partial charge in [0.05, 0.1) is 26.9 Å². The number of urea groups is 1. The van der Waals surface area contributed by atoms with E-state index in [-0.39, 0.29) is 12.1 Å². The maximum Gasteiger partial charge on any atom is 0.317 e. The highest BCUT2D eigenvalue weighted by atomic mass is 16.5. The molecule has 132 valence electrons. The monoisotopic (exact) mass is 334 g/mol. The molecule has 24 heavy (non-hydrogen) atoms. The standard InChI is InChI=1S/C18H26N2O4/c1-22-14-5-6-17(23-2)15(10-14)16-4-3-8-20(16)18(21)19-11-13-7-9-24-12-13/h5-6,10,13,16H,3-4,7-9,11-12H2,1-2H3,(H,19,21)/t13-,16-/m1/s1. The molecule has 0 unspecified atom stereocenters. The molecule has 6 heteroatoms. The minimum absolute atomic E-state index is 0.00530. The van der Waals surface area contributed by atoms with Gasteiger partial charge in [-0.1, -0.05) is 0 Å². The van der Waals surface area contributed by atoms with Gasteiger partial charge in [0.25, 0.3) is 0 Å². The quantitative estimate of drug-likeness (QED) is 0.899. The van der Waals surface area contributed by atoms with E-state index in [1.165, 1.54) is 0 Å². The third-order valence-corrected chi connectivity index (χ3v) is 4.88. The van der Waals surface area contributed by atoms with Crippen LogP contribution in [0.25, 0.3) is 0 Å². The summed E-state index contributed by atoms with van der Waals surface area (Å²) in [6.07, 6.45) is 2.95. The van der Waals surface area contributed by atoms with Gasteiger partial charge in [0.15, 0.2) is 0 Å². The Labute approximate surface area is 143 Å². The van der Waals surface area contributed by atoms with E-state index in [1.807, 2.05) is 23.1 Å². The molecular formula is C18H26N2O4. The zero-order chi connectivity index (χ0) is 16.9. The number of nitrogens with one attached hydrogen (secondary N) is 1. The predicted octanol–water partition coefficient (Wildman–Crippen LogP) is 2.59. The molecule has 6 nitrogen and oxygen atoms in total. The van der Waals surface area contributed by atoms with Crippen LogP contribution in [0.15, 0.2) is 18.2 Å². The minimum atomic E-state index is -0.00530. The van der Waals surface area contributed by atoms with Crippen LogP contribution in [0.5, 0.6) is 11.5 Å². The third-order valence-electron chi connectivity index (χ3n) is 4.88. The van der Waals surface area contributed by atoms with Crippen molar-refractivity contribution in [1.82, 2.24) is 10.2 Å². The molecule has 2 aliphatic rings. The maximum absolute atomic E-state index is 12.6. The molecule has 1 N–H and O–H groups in total. The second-order valence-corrected chi connectivity index (χ2v) is 6.37. The van der Waals surface area contributed by atoms with Crippen LogP contribution in [0.2, 0.25) is 0 Å². The van der Waals surface area contributed by atoms with E-state index in [4.69, 9.17) is 14.2 Å². The van der Waals surface area contributed by atoms with Crippen molar-refractivity contribution in [2.75, 3.05) is 40.5 Å². The topological polar surface area (TPSA) is 60.0 Å². The van der Waals surface area contributed by atoms with Crippen LogP contribution >= 0.6 is 0 Å². The van der Waals surface area contributed by atoms with E-state index in [9.17, 15) is 4.79 Å². The summed E-state index contributed by atoms with van der Waals surface area (Å²) in [5.74, 6) is 2.01. The molecular weight excluding hydrogens is 308 g/mol. The summed E-state index contributed by atoms with van der Waals surface area (Å²) < 4.78 is 16.2. The van der Waals surface area contributed by atoms with Gasteiger partial charge in [-0.3, -0.25) is 0 Å². The Morgan fingerprint density at radius 1 is 1.33 bits per heavy atom. The number of hydrogen-bond donors (Lipinski definition) is 1. The first-order valence-corrected chi connectivity index (χ1v) is 8.57. The largest absolute Gasteiger partial charge is 0.497 e. The van der Waals surface area contributed by atoms with Crippen LogP contribution < -0.4 is 14.8 Å². The van der Waals surface area contributed by atoms with Gasteiger partial charge in [0.2, 0.25) is 0 Å². The van der Waals surface area contributed by atoms with Crippen molar-refractivity contribution in [1.29, 1.82) is 0 Å². The van der Waals surface area contributed by atoms with Crippen LogP contribution in [-0.4, -0.2) is 51.5 Å². The van der Waals surface area contributed by atoms with Crippen molar-refractivity contribution in [3.05, 3.63) is 23.8 Å². The predicted molar refractivity (Wildman–Crippen MR) is 90.6 cm³/mol. The summed E-state index contributed by atoms with van der Waals surface area (Å²) >= 11 is 0. The smallest absolute Gasteiger partial charge is 0.317 e. The molecule has 0 saturated carbocycles. The minimum Gasteiger partial charge on any atom is -0.497 e. The van der Waals surface area contributed by atoms with Crippen molar-refractivity contribution in [2.45, 2.75) is 25.3 Å². The summed E-state index contributed by atoms with van der Waals surface area (Å²) in [5.41, 5.74) is 1.01. The van der Waals surface area contributed by atoms with E-state index in [1.54, 1.807) is 14.2 Å². The Morgan fingerprint density at radius 2 is 2.21 bits per heavy atom. The number of rotatable bonds is 5. The third kappa shape index (κ3) is 3.59. The molecule has 2 saturated heterocycles. The number of amides is 2. The summed E-state index contributed by atoms with van der Waals surface area (Å²) in [5, 5.41) is 3.07. The molecule has 1 aromatic rings. The van der Waals surface area contributed by atoms with Crippen molar-refractivity contribution in [2.24, 2.45) is 5.92 Å². The van der Waals surface area contributed by atoms with Crippen molar-refractivity contribution >= 4 is 6.03 Å². The SMILES string of the molecule is COc1ccc(OC)c([C@H]2CCCN2C(=O)NC[C@H]2CCOC2)c1. The van der Waals surface area contributed by atoms with E-state index in [0.29, 0.717) is 12.5 Å². The fraction of sp³-hybridized carbons (Fsp3) is 0.611. The lowest BCUT2D eigenvalue weighted by Gasteiger charge is -2.27. The van der Waals surface area contributed by atoms with Gasteiger partial charge >= 0.3 is 6.03 Å². The number of benzene rings is 1. The van der Waals surface area contributed by atoms with Crippen LogP contribution in [-0.2, 0) is 4.74 Å².